The van der Waals surface area contributed by atoms with Crippen molar-refractivity contribution in [2.45, 2.75) is 19.3 Å². The molecule has 0 aromatic heterocycles. The van der Waals surface area contributed by atoms with Crippen LogP contribution in [0.2, 0.25) is 0 Å². The zero-order chi connectivity index (χ0) is 34.1. The smallest absolute Gasteiger partial charge is 0.0159 e. The Morgan fingerprint density at radius 2 is 0.686 bits per heavy atom. The van der Waals surface area contributed by atoms with E-state index in [1.54, 1.807) is 0 Å². The van der Waals surface area contributed by atoms with Crippen LogP contribution in [-0.4, -0.2) is 0 Å². The van der Waals surface area contributed by atoms with Crippen molar-refractivity contribution >= 4 is 32.3 Å². The summed E-state index contributed by atoms with van der Waals surface area (Å²) < 4.78 is 0. The van der Waals surface area contributed by atoms with E-state index in [0.29, 0.717) is 0 Å². The van der Waals surface area contributed by atoms with Crippen molar-refractivity contribution < 1.29 is 0 Å². The molecule has 240 valence electrons. The Labute approximate surface area is 299 Å². The van der Waals surface area contributed by atoms with Crippen molar-refractivity contribution in [2.24, 2.45) is 0 Å². The zero-order valence-electron chi connectivity index (χ0n) is 28.8. The molecule has 0 heteroatoms. The lowest BCUT2D eigenvalue weighted by Gasteiger charge is -2.24. The molecule has 0 spiro atoms. The summed E-state index contributed by atoms with van der Waals surface area (Å²) >= 11 is 0. The van der Waals surface area contributed by atoms with Crippen LogP contribution in [0.1, 0.15) is 25.0 Å². The van der Waals surface area contributed by atoms with Crippen molar-refractivity contribution in [3.05, 3.63) is 193 Å². The summed E-state index contributed by atoms with van der Waals surface area (Å²) in [5, 5.41) is 7.71. The average Bonchev–Trinajstić information content (AvgIpc) is 3.43. The minimum absolute atomic E-state index is 0.106. The highest BCUT2D eigenvalue weighted by molar-refractivity contribution is 6.25. The molecule has 51 heavy (non-hydrogen) atoms. The first kappa shape index (κ1) is 29.7. The van der Waals surface area contributed by atoms with Gasteiger partial charge < -0.3 is 0 Å². The number of rotatable bonds is 4. The van der Waals surface area contributed by atoms with Gasteiger partial charge in [-0.2, -0.15) is 0 Å². The van der Waals surface area contributed by atoms with E-state index in [0.717, 1.165) is 0 Å². The van der Waals surface area contributed by atoms with Gasteiger partial charge in [-0.15, -0.1) is 0 Å². The largest absolute Gasteiger partial charge is 0.0622 e. The van der Waals surface area contributed by atoms with Gasteiger partial charge >= 0.3 is 0 Å². The van der Waals surface area contributed by atoms with E-state index in [1.165, 1.54) is 99.1 Å². The van der Waals surface area contributed by atoms with E-state index in [1.807, 2.05) is 0 Å². The molecule has 0 saturated carbocycles. The molecule has 0 saturated heterocycles. The number of hydrogen-bond acceptors (Lipinski definition) is 0. The summed E-state index contributed by atoms with van der Waals surface area (Å²) in [5.41, 5.74) is 15.5. The van der Waals surface area contributed by atoms with E-state index in [4.69, 9.17) is 0 Å². The van der Waals surface area contributed by atoms with Gasteiger partial charge in [-0.1, -0.05) is 190 Å². The molecule has 0 fully saturated rings. The Bertz CT molecular complexity index is 2740. The van der Waals surface area contributed by atoms with Gasteiger partial charge in [0.25, 0.3) is 0 Å². The quantitative estimate of drug-likeness (QED) is 0.167. The molecule has 0 amide bonds. The second-order valence-corrected chi connectivity index (χ2v) is 14.4. The first-order chi connectivity index (χ1) is 25.1. The number of benzene rings is 9. The zero-order valence-corrected chi connectivity index (χ0v) is 28.8. The van der Waals surface area contributed by atoms with Gasteiger partial charge in [0.2, 0.25) is 0 Å². The van der Waals surface area contributed by atoms with Crippen molar-refractivity contribution in [3.8, 4) is 55.6 Å². The van der Waals surface area contributed by atoms with Crippen LogP contribution in [0.15, 0.2) is 182 Å². The van der Waals surface area contributed by atoms with E-state index >= 15 is 0 Å². The Kier molecular flexibility index (Phi) is 6.63. The fourth-order valence-corrected chi connectivity index (χ4v) is 8.89. The second kappa shape index (κ2) is 11.4. The molecule has 0 unspecified atom stereocenters. The molecule has 0 radical (unpaired) electrons. The van der Waals surface area contributed by atoms with E-state index in [9.17, 15) is 0 Å². The van der Waals surface area contributed by atoms with Crippen molar-refractivity contribution in [2.75, 3.05) is 0 Å². The fourth-order valence-electron chi connectivity index (χ4n) is 8.89. The number of fused-ring (bicyclic) bond motifs is 7. The van der Waals surface area contributed by atoms with Gasteiger partial charge in [-0.3, -0.25) is 0 Å². The first-order valence-electron chi connectivity index (χ1n) is 17.9. The highest BCUT2D eigenvalue weighted by Crippen LogP contribution is 2.55. The third-order valence-electron chi connectivity index (χ3n) is 11.3. The maximum Gasteiger partial charge on any atom is 0.0159 e. The van der Waals surface area contributed by atoms with Crippen LogP contribution in [0, 0.1) is 0 Å². The van der Waals surface area contributed by atoms with Crippen molar-refractivity contribution in [1.29, 1.82) is 0 Å². The maximum absolute atomic E-state index is 2.52. The van der Waals surface area contributed by atoms with Gasteiger partial charge in [0.1, 0.15) is 0 Å². The average molecular weight is 649 g/mol. The lowest BCUT2D eigenvalue weighted by atomic mass is 9.78. The van der Waals surface area contributed by atoms with Crippen molar-refractivity contribution in [1.82, 2.24) is 0 Å². The van der Waals surface area contributed by atoms with Crippen LogP contribution in [0.25, 0.3) is 88.0 Å². The molecule has 0 bridgehead atoms. The highest BCUT2D eigenvalue weighted by Gasteiger charge is 2.37. The topological polar surface area (TPSA) is 0 Å². The maximum atomic E-state index is 2.52. The Balaban J connectivity index is 1.25. The molecular formula is C51H36. The molecular weight excluding hydrogens is 613 g/mol. The van der Waals surface area contributed by atoms with E-state index < -0.39 is 0 Å². The molecule has 1 aliphatic carbocycles. The third kappa shape index (κ3) is 4.46. The van der Waals surface area contributed by atoms with Crippen LogP contribution in [0.3, 0.4) is 0 Å². The number of hydrogen-bond donors (Lipinski definition) is 0. The minimum Gasteiger partial charge on any atom is -0.0622 e. The third-order valence-corrected chi connectivity index (χ3v) is 11.3. The summed E-state index contributed by atoms with van der Waals surface area (Å²) in [7, 11) is 0. The molecule has 9 aromatic rings. The Morgan fingerprint density at radius 3 is 1.29 bits per heavy atom. The predicted octanol–water partition coefficient (Wildman–Crippen LogP) is 14.1. The molecule has 0 N–H and O–H groups in total. The Hall–Kier alpha value is -6.24. The normalized spacial score (nSPS) is 13.1. The molecule has 0 aliphatic heterocycles. The van der Waals surface area contributed by atoms with Crippen LogP contribution in [0.4, 0.5) is 0 Å². The van der Waals surface area contributed by atoms with Crippen LogP contribution in [-0.2, 0) is 5.41 Å². The molecule has 0 heterocycles. The molecule has 10 rings (SSSR count). The fraction of sp³-hybridized carbons (Fsp3) is 0.0588. The van der Waals surface area contributed by atoms with Gasteiger partial charge in [-0.05, 0) is 105 Å². The van der Waals surface area contributed by atoms with E-state index in [2.05, 4.69) is 196 Å². The predicted molar refractivity (Wildman–Crippen MR) is 218 cm³/mol. The molecule has 0 atom stereocenters. The monoisotopic (exact) mass is 648 g/mol. The lowest BCUT2D eigenvalue weighted by molar-refractivity contribution is 0.661. The van der Waals surface area contributed by atoms with Gasteiger partial charge in [0.15, 0.2) is 0 Å². The highest BCUT2D eigenvalue weighted by atomic mass is 14.4. The van der Waals surface area contributed by atoms with Crippen molar-refractivity contribution in [3.63, 3.8) is 0 Å². The first-order valence-corrected chi connectivity index (χ1v) is 17.9. The summed E-state index contributed by atoms with van der Waals surface area (Å²) in [6, 6.07) is 67.3. The van der Waals surface area contributed by atoms with Gasteiger partial charge in [0, 0.05) is 5.41 Å². The minimum atomic E-state index is -0.106. The summed E-state index contributed by atoms with van der Waals surface area (Å²) in [5.74, 6) is 0. The summed E-state index contributed by atoms with van der Waals surface area (Å²) in [6.45, 7) is 4.78. The SMILES string of the molecule is CC1(C)c2ccccc2-c2c1cc(-c1c3ccccc3c(-c3ccccc3-c3ccc(-c4ccccc4)cc3)c3ccccc13)c1ccccc21. The molecule has 9 aromatic carbocycles. The van der Waals surface area contributed by atoms with Crippen LogP contribution < -0.4 is 0 Å². The van der Waals surface area contributed by atoms with Gasteiger partial charge in [-0.25, -0.2) is 0 Å². The van der Waals surface area contributed by atoms with E-state index in [-0.39, 0.29) is 5.41 Å². The van der Waals surface area contributed by atoms with Gasteiger partial charge in [0.05, 0.1) is 0 Å². The Morgan fingerprint density at radius 1 is 0.275 bits per heavy atom. The van der Waals surface area contributed by atoms with Crippen LogP contribution in [0.5, 0.6) is 0 Å². The molecule has 1 aliphatic rings. The second-order valence-electron chi connectivity index (χ2n) is 14.4. The summed E-state index contributed by atoms with van der Waals surface area (Å²) in [6.07, 6.45) is 0. The standard InChI is InChI=1S/C51H36/c1-51(2)46-27-15-14-26-44(46)50-39-21-9-7-19-37(39)45(32-47(50)51)49-42-24-12-10-22-40(42)48(41-23-11-13-25-43(41)49)38-20-8-6-18-36(38)35-30-28-34(29-31-35)33-16-4-3-5-17-33/h3-32H,1-2H3. The summed E-state index contributed by atoms with van der Waals surface area (Å²) in [4.78, 5) is 0. The molecule has 0 nitrogen and oxygen atoms in total. The van der Waals surface area contributed by atoms with Crippen LogP contribution >= 0.6 is 0 Å². The lowest BCUT2D eigenvalue weighted by Crippen LogP contribution is -2.15.